The molecular formula is C20H26N2O5S. The highest BCUT2D eigenvalue weighted by atomic mass is 32.2. The predicted octanol–water partition coefficient (Wildman–Crippen LogP) is 2.21. The van der Waals surface area contributed by atoms with Gasteiger partial charge in [0.1, 0.15) is 11.5 Å². The number of nitrogens with one attached hydrogen (secondary N) is 1. The van der Waals surface area contributed by atoms with E-state index in [-0.39, 0.29) is 34.1 Å². The molecular weight excluding hydrogens is 380 g/mol. The van der Waals surface area contributed by atoms with Gasteiger partial charge in [-0.15, -0.1) is 0 Å². The van der Waals surface area contributed by atoms with Crippen molar-refractivity contribution in [2.24, 2.45) is 22.4 Å². The molecule has 1 saturated carbocycles. The van der Waals surface area contributed by atoms with Gasteiger partial charge in [0.05, 0.1) is 24.7 Å². The summed E-state index contributed by atoms with van der Waals surface area (Å²) in [5, 5.41) is 8.29. The number of ether oxygens (including phenoxy) is 2. The molecule has 3 atom stereocenters. The van der Waals surface area contributed by atoms with Gasteiger partial charge in [-0.25, -0.2) is 13.6 Å². The van der Waals surface area contributed by atoms with Crippen molar-refractivity contribution >= 4 is 15.9 Å². The van der Waals surface area contributed by atoms with Crippen LogP contribution in [0.5, 0.6) is 11.5 Å². The van der Waals surface area contributed by atoms with E-state index in [1.165, 1.54) is 7.11 Å². The molecule has 2 aliphatic carbocycles. The van der Waals surface area contributed by atoms with Crippen molar-refractivity contribution in [1.82, 2.24) is 5.32 Å². The molecule has 0 radical (unpaired) electrons. The first-order valence-corrected chi connectivity index (χ1v) is 10.6. The third-order valence-electron chi connectivity index (χ3n) is 5.74. The maximum absolute atomic E-state index is 12.8. The van der Waals surface area contributed by atoms with Gasteiger partial charge in [0, 0.05) is 12.1 Å². The van der Waals surface area contributed by atoms with Gasteiger partial charge in [-0.2, -0.15) is 0 Å². The van der Waals surface area contributed by atoms with Gasteiger partial charge in [0.25, 0.3) is 5.91 Å². The summed E-state index contributed by atoms with van der Waals surface area (Å²) in [6, 6.07) is 5.05. The topological polar surface area (TPSA) is 108 Å². The summed E-state index contributed by atoms with van der Waals surface area (Å²) < 4.78 is 33.4. The van der Waals surface area contributed by atoms with Crippen LogP contribution in [0.15, 0.2) is 41.3 Å². The lowest BCUT2D eigenvalue weighted by molar-refractivity contribution is 0.0941. The average molecular weight is 407 g/mol. The molecule has 0 saturated heterocycles. The second-order valence-electron chi connectivity index (χ2n) is 7.77. The van der Waals surface area contributed by atoms with Crippen molar-refractivity contribution in [3.63, 3.8) is 0 Å². The number of nitrogens with two attached hydrogens (primary N) is 1. The van der Waals surface area contributed by atoms with Crippen LogP contribution >= 0.6 is 0 Å². The molecule has 1 aromatic carbocycles. The first kappa shape index (κ1) is 20.4. The summed E-state index contributed by atoms with van der Waals surface area (Å²) in [7, 11) is -0.619. The largest absolute Gasteiger partial charge is 0.497 e. The Kier molecular flexibility index (Phi) is 5.29. The fraction of sp³-hybridized carbons (Fsp3) is 0.450. The lowest BCUT2D eigenvalue weighted by Gasteiger charge is -2.16. The molecule has 1 aromatic rings. The zero-order valence-corrected chi connectivity index (χ0v) is 17.2. The lowest BCUT2D eigenvalue weighted by Crippen LogP contribution is -2.30. The minimum Gasteiger partial charge on any atom is -0.497 e. The van der Waals surface area contributed by atoms with E-state index in [1.807, 2.05) is 6.08 Å². The molecule has 3 rings (SSSR count). The molecule has 1 unspecified atom stereocenters. The van der Waals surface area contributed by atoms with Crippen molar-refractivity contribution in [3.8, 4) is 11.5 Å². The van der Waals surface area contributed by atoms with Crippen LogP contribution in [0.4, 0.5) is 0 Å². The first-order valence-electron chi connectivity index (χ1n) is 9.03. The van der Waals surface area contributed by atoms with E-state index < -0.39 is 10.0 Å². The number of rotatable bonds is 6. The summed E-state index contributed by atoms with van der Waals surface area (Å²) in [6.07, 6.45) is 5.67. The van der Waals surface area contributed by atoms with Crippen molar-refractivity contribution < 1.29 is 22.7 Å². The third-order valence-corrected chi connectivity index (χ3v) is 6.70. The summed E-state index contributed by atoms with van der Waals surface area (Å²) >= 11 is 0. The van der Waals surface area contributed by atoms with Crippen molar-refractivity contribution in [2.75, 3.05) is 14.2 Å². The van der Waals surface area contributed by atoms with E-state index in [9.17, 15) is 13.2 Å². The zero-order chi connectivity index (χ0) is 20.7. The van der Waals surface area contributed by atoms with Gasteiger partial charge in [0.2, 0.25) is 10.0 Å². The Morgan fingerprint density at radius 2 is 1.96 bits per heavy atom. The van der Waals surface area contributed by atoms with E-state index in [1.54, 1.807) is 37.5 Å². The molecule has 0 aromatic heterocycles. The Morgan fingerprint density at radius 1 is 1.25 bits per heavy atom. The molecule has 0 bridgehead atoms. The maximum atomic E-state index is 12.8. The van der Waals surface area contributed by atoms with E-state index >= 15 is 0 Å². The third kappa shape index (κ3) is 3.79. The van der Waals surface area contributed by atoms with E-state index in [0.717, 1.165) is 0 Å². The van der Waals surface area contributed by atoms with Crippen LogP contribution in [0, 0.1) is 17.3 Å². The summed E-state index contributed by atoms with van der Waals surface area (Å²) in [4.78, 5) is 13.0. The average Bonchev–Trinajstić information content (AvgIpc) is 3.20. The zero-order valence-electron chi connectivity index (χ0n) is 16.4. The maximum Gasteiger partial charge on any atom is 0.255 e. The van der Waals surface area contributed by atoms with Crippen LogP contribution in [0.2, 0.25) is 0 Å². The molecule has 1 fully saturated rings. The molecule has 0 spiro atoms. The summed E-state index contributed by atoms with van der Waals surface area (Å²) in [5.74, 6) is 1.20. The van der Waals surface area contributed by atoms with Crippen molar-refractivity contribution in [1.29, 1.82) is 0 Å². The number of methoxy groups -OCH3 is 2. The molecule has 28 heavy (non-hydrogen) atoms. The number of sulfonamides is 1. The highest BCUT2D eigenvalue weighted by Crippen LogP contribution is 2.57. The highest BCUT2D eigenvalue weighted by molar-refractivity contribution is 7.93. The van der Waals surface area contributed by atoms with E-state index in [2.05, 4.69) is 19.2 Å². The van der Waals surface area contributed by atoms with Gasteiger partial charge in [-0.3, -0.25) is 4.79 Å². The van der Waals surface area contributed by atoms with Crippen LogP contribution in [0.25, 0.3) is 0 Å². The molecule has 1 amide bonds. The fourth-order valence-electron chi connectivity index (χ4n) is 4.05. The molecule has 3 N–H and O–H groups in total. The smallest absolute Gasteiger partial charge is 0.255 e. The SMILES string of the molecule is COc1ccc(C(=O)N[C@H]2[C@H](C3C=CC(S(N)(=O)=O)=CC3)C2(C)C)c(OC)c1. The number of benzene rings is 1. The minimum atomic E-state index is -3.68. The molecule has 8 heteroatoms. The monoisotopic (exact) mass is 406 g/mol. The Bertz CT molecular complexity index is 949. The predicted molar refractivity (Wildman–Crippen MR) is 107 cm³/mol. The molecule has 0 heterocycles. The molecule has 0 aliphatic heterocycles. The van der Waals surface area contributed by atoms with Gasteiger partial charge < -0.3 is 14.8 Å². The molecule has 2 aliphatic rings. The van der Waals surface area contributed by atoms with Gasteiger partial charge in [-0.1, -0.05) is 26.0 Å². The number of allylic oxidation sites excluding steroid dienone is 3. The summed E-state index contributed by atoms with van der Waals surface area (Å²) in [5.41, 5.74) is 0.345. The van der Waals surface area contributed by atoms with Crippen LogP contribution in [-0.2, 0) is 10.0 Å². The Balaban J connectivity index is 1.72. The Labute approximate surface area is 165 Å². The first-order chi connectivity index (χ1) is 13.1. The lowest BCUT2D eigenvalue weighted by atomic mass is 9.91. The number of amides is 1. The van der Waals surface area contributed by atoms with Crippen molar-refractivity contribution in [3.05, 3.63) is 46.9 Å². The second kappa shape index (κ2) is 7.25. The fourth-order valence-corrected chi connectivity index (χ4v) is 4.65. The van der Waals surface area contributed by atoms with Crippen LogP contribution in [-0.4, -0.2) is 34.6 Å². The Morgan fingerprint density at radius 3 is 2.50 bits per heavy atom. The Hall–Kier alpha value is -2.32. The molecule has 152 valence electrons. The minimum absolute atomic E-state index is 0.0223. The number of carbonyl (C=O) groups is 1. The number of hydrogen-bond acceptors (Lipinski definition) is 5. The number of primary sulfonamides is 1. The number of hydrogen-bond donors (Lipinski definition) is 2. The van der Waals surface area contributed by atoms with Crippen molar-refractivity contribution in [2.45, 2.75) is 26.3 Å². The number of carbonyl (C=O) groups excluding carboxylic acids is 1. The normalized spacial score (nSPS) is 25.6. The molecule has 7 nitrogen and oxygen atoms in total. The standard InChI is InChI=1S/C20H26N2O5S/c1-20(2)17(12-5-8-14(9-6-12)28(21,24)25)18(20)22-19(23)15-10-7-13(26-3)11-16(15)27-4/h5,7-12,17-18H,6H2,1-4H3,(H,22,23)(H2,21,24,25)/t12?,17-,18-/m0/s1. The van der Waals surface area contributed by atoms with Gasteiger partial charge in [0.15, 0.2) is 0 Å². The quantitative estimate of drug-likeness (QED) is 0.753. The second-order valence-corrected chi connectivity index (χ2v) is 9.34. The van der Waals surface area contributed by atoms with Gasteiger partial charge in [-0.05, 0) is 41.9 Å². The van der Waals surface area contributed by atoms with Crippen LogP contribution in [0.3, 0.4) is 0 Å². The van der Waals surface area contributed by atoms with E-state index in [4.69, 9.17) is 14.6 Å². The van der Waals surface area contributed by atoms with E-state index in [0.29, 0.717) is 23.5 Å². The van der Waals surface area contributed by atoms with Crippen LogP contribution in [0.1, 0.15) is 30.6 Å². The van der Waals surface area contributed by atoms with Gasteiger partial charge >= 0.3 is 0 Å². The summed E-state index contributed by atoms with van der Waals surface area (Å²) in [6.45, 7) is 4.20. The van der Waals surface area contributed by atoms with Crippen LogP contribution < -0.4 is 19.9 Å². The highest BCUT2D eigenvalue weighted by Gasteiger charge is 2.61.